The van der Waals surface area contributed by atoms with Crippen LogP contribution in [0.5, 0.6) is 0 Å². The monoisotopic (exact) mass is 201 g/mol. The summed E-state index contributed by atoms with van der Waals surface area (Å²) in [5.74, 6) is -0.799. The zero-order valence-electron chi connectivity index (χ0n) is 10.1. The standard InChI is InChI=1S/C11H23NO2/c1-8(9(13)14)12-11(5,6)7-10(2,3)4/h8,12H,7H2,1-6H3,(H,13,14). The third kappa shape index (κ3) is 5.97. The maximum absolute atomic E-state index is 10.7. The quantitative estimate of drug-likeness (QED) is 0.733. The maximum Gasteiger partial charge on any atom is 0.320 e. The number of rotatable bonds is 4. The minimum absolute atomic E-state index is 0.143. The Labute approximate surface area is 86.9 Å². The molecule has 1 unspecified atom stereocenters. The fourth-order valence-corrected chi connectivity index (χ4v) is 2.02. The van der Waals surface area contributed by atoms with Crippen molar-refractivity contribution in [3.8, 4) is 0 Å². The fourth-order valence-electron chi connectivity index (χ4n) is 2.02. The Morgan fingerprint density at radius 2 is 1.71 bits per heavy atom. The average molecular weight is 201 g/mol. The molecule has 0 radical (unpaired) electrons. The zero-order valence-corrected chi connectivity index (χ0v) is 10.1. The lowest BCUT2D eigenvalue weighted by molar-refractivity contribution is -0.139. The topological polar surface area (TPSA) is 49.3 Å². The van der Waals surface area contributed by atoms with Gasteiger partial charge in [-0.15, -0.1) is 0 Å². The summed E-state index contributed by atoms with van der Waals surface area (Å²) < 4.78 is 0. The van der Waals surface area contributed by atoms with Gasteiger partial charge >= 0.3 is 5.97 Å². The summed E-state index contributed by atoms with van der Waals surface area (Å²) in [6.45, 7) is 12.2. The van der Waals surface area contributed by atoms with E-state index in [1.165, 1.54) is 0 Å². The summed E-state index contributed by atoms with van der Waals surface area (Å²) in [4.78, 5) is 10.7. The van der Waals surface area contributed by atoms with Gasteiger partial charge in [-0.25, -0.2) is 0 Å². The van der Waals surface area contributed by atoms with Crippen LogP contribution in [0.2, 0.25) is 0 Å². The summed E-state index contributed by atoms with van der Waals surface area (Å²) >= 11 is 0. The molecule has 0 aliphatic carbocycles. The molecule has 0 saturated carbocycles. The molecule has 0 fully saturated rings. The first-order valence-corrected chi connectivity index (χ1v) is 5.04. The van der Waals surface area contributed by atoms with Crippen molar-refractivity contribution in [3.63, 3.8) is 0 Å². The van der Waals surface area contributed by atoms with Crippen LogP contribution in [0.15, 0.2) is 0 Å². The van der Waals surface area contributed by atoms with Crippen LogP contribution in [-0.2, 0) is 4.79 Å². The van der Waals surface area contributed by atoms with Crippen LogP contribution in [0.25, 0.3) is 0 Å². The Morgan fingerprint density at radius 3 is 2.00 bits per heavy atom. The molecule has 1 atom stereocenters. The molecule has 0 aromatic carbocycles. The molecule has 0 aromatic heterocycles. The van der Waals surface area contributed by atoms with Gasteiger partial charge in [0.1, 0.15) is 6.04 Å². The van der Waals surface area contributed by atoms with Crippen molar-refractivity contribution in [2.45, 2.75) is 59.5 Å². The van der Waals surface area contributed by atoms with E-state index < -0.39 is 12.0 Å². The maximum atomic E-state index is 10.7. The largest absolute Gasteiger partial charge is 0.480 e. The van der Waals surface area contributed by atoms with Gasteiger partial charge in [-0.2, -0.15) is 0 Å². The molecule has 0 aliphatic rings. The Morgan fingerprint density at radius 1 is 1.29 bits per heavy atom. The highest BCUT2D eigenvalue weighted by molar-refractivity contribution is 5.72. The molecule has 0 saturated heterocycles. The van der Waals surface area contributed by atoms with Gasteiger partial charge in [-0.1, -0.05) is 20.8 Å². The van der Waals surface area contributed by atoms with Gasteiger partial charge in [0.15, 0.2) is 0 Å². The van der Waals surface area contributed by atoms with Gasteiger partial charge in [0.2, 0.25) is 0 Å². The SMILES string of the molecule is CC(NC(C)(C)CC(C)(C)C)C(=O)O. The number of hydrogen-bond acceptors (Lipinski definition) is 2. The number of carboxylic acid groups (broad SMARTS) is 1. The molecule has 0 aliphatic heterocycles. The summed E-state index contributed by atoms with van der Waals surface area (Å²) in [7, 11) is 0. The van der Waals surface area contributed by atoms with Crippen LogP contribution in [0.3, 0.4) is 0 Å². The average Bonchev–Trinajstić information content (AvgIpc) is 1.78. The van der Waals surface area contributed by atoms with Crippen molar-refractivity contribution in [3.05, 3.63) is 0 Å². The van der Waals surface area contributed by atoms with E-state index in [1.807, 2.05) is 13.8 Å². The van der Waals surface area contributed by atoms with E-state index in [9.17, 15) is 4.79 Å². The van der Waals surface area contributed by atoms with Crippen LogP contribution >= 0.6 is 0 Å². The minimum atomic E-state index is -0.799. The first-order chi connectivity index (χ1) is 6.03. The van der Waals surface area contributed by atoms with Crippen molar-refractivity contribution >= 4 is 5.97 Å². The lowest BCUT2D eigenvalue weighted by Crippen LogP contribution is -2.49. The van der Waals surface area contributed by atoms with Crippen LogP contribution in [0.1, 0.15) is 48.0 Å². The zero-order chi connectivity index (χ0) is 11.6. The lowest BCUT2D eigenvalue weighted by atomic mass is 9.81. The second-order valence-electron chi connectivity index (χ2n) is 5.83. The number of nitrogens with one attached hydrogen (secondary N) is 1. The molecule has 0 rings (SSSR count). The summed E-state index contributed by atoms with van der Waals surface area (Å²) in [5, 5.41) is 11.9. The van der Waals surface area contributed by atoms with Crippen molar-refractivity contribution in [2.75, 3.05) is 0 Å². The molecule has 0 amide bonds. The highest BCUT2D eigenvalue weighted by Crippen LogP contribution is 2.26. The molecule has 3 heteroatoms. The molecule has 14 heavy (non-hydrogen) atoms. The fraction of sp³-hybridized carbons (Fsp3) is 0.909. The minimum Gasteiger partial charge on any atom is -0.480 e. The third-order valence-electron chi connectivity index (χ3n) is 1.95. The smallest absolute Gasteiger partial charge is 0.320 e. The summed E-state index contributed by atoms with van der Waals surface area (Å²) in [6.07, 6.45) is 0.942. The predicted octanol–water partition coefficient (Wildman–Crippen LogP) is 2.26. The predicted molar refractivity (Wildman–Crippen MR) is 58.4 cm³/mol. The van der Waals surface area contributed by atoms with Crippen molar-refractivity contribution in [1.82, 2.24) is 5.32 Å². The third-order valence-corrected chi connectivity index (χ3v) is 1.95. The molecule has 0 spiro atoms. The highest BCUT2D eigenvalue weighted by atomic mass is 16.4. The van der Waals surface area contributed by atoms with Gasteiger partial charge in [0, 0.05) is 5.54 Å². The lowest BCUT2D eigenvalue weighted by Gasteiger charge is -2.34. The normalized spacial score (nSPS) is 15.3. The molecule has 2 N–H and O–H groups in total. The number of hydrogen-bond donors (Lipinski definition) is 2. The van der Waals surface area contributed by atoms with E-state index in [1.54, 1.807) is 6.92 Å². The van der Waals surface area contributed by atoms with E-state index in [0.29, 0.717) is 0 Å². The van der Waals surface area contributed by atoms with Crippen LogP contribution in [0.4, 0.5) is 0 Å². The number of carbonyl (C=O) groups is 1. The summed E-state index contributed by atoms with van der Waals surface area (Å²) in [6, 6.07) is -0.493. The van der Waals surface area contributed by atoms with E-state index in [4.69, 9.17) is 5.11 Å². The molecular formula is C11H23NO2. The van der Waals surface area contributed by atoms with E-state index >= 15 is 0 Å². The van der Waals surface area contributed by atoms with Gasteiger partial charge in [0.25, 0.3) is 0 Å². The Hall–Kier alpha value is -0.570. The van der Waals surface area contributed by atoms with E-state index in [2.05, 4.69) is 26.1 Å². The second kappa shape index (κ2) is 4.30. The van der Waals surface area contributed by atoms with Gasteiger partial charge in [-0.05, 0) is 32.6 Å². The molecule has 84 valence electrons. The van der Waals surface area contributed by atoms with Gasteiger partial charge < -0.3 is 5.11 Å². The molecule has 3 nitrogen and oxygen atoms in total. The van der Waals surface area contributed by atoms with Gasteiger partial charge in [-0.3, -0.25) is 10.1 Å². The van der Waals surface area contributed by atoms with E-state index in [-0.39, 0.29) is 11.0 Å². The Kier molecular flexibility index (Phi) is 4.13. The summed E-state index contributed by atoms with van der Waals surface area (Å²) in [5.41, 5.74) is 0.0603. The first kappa shape index (κ1) is 13.4. The van der Waals surface area contributed by atoms with E-state index in [0.717, 1.165) is 6.42 Å². The van der Waals surface area contributed by atoms with Crippen molar-refractivity contribution in [2.24, 2.45) is 5.41 Å². The van der Waals surface area contributed by atoms with Crippen LogP contribution in [-0.4, -0.2) is 22.7 Å². The van der Waals surface area contributed by atoms with Crippen LogP contribution < -0.4 is 5.32 Å². The second-order valence-corrected chi connectivity index (χ2v) is 5.83. The van der Waals surface area contributed by atoms with Crippen molar-refractivity contribution in [1.29, 1.82) is 0 Å². The Bertz CT molecular complexity index is 204. The first-order valence-electron chi connectivity index (χ1n) is 5.04. The molecular weight excluding hydrogens is 178 g/mol. The van der Waals surface area contributed by atoms with Crippen LogP contribution in [0, 0.1) is 5.41 Å². The molecule has 0 bridgehead atoms. The molecule has 0 aromatic rings. The number of carboxylic acids is 1. The Balaban J connectivity index is 4.27. The number of aliphatic carboxylic acids is 1. The van der Waals surface area contributed by atoms with Crippen molar-refractivity contribution < 1.29 is 9.90 Å². The highest BCUT2D eigenvalue weighted by Gasteiger charge is 2.28. The molecule has 0 heterocycles. The van der Waals surface area contributed by atoms with Gasteiger partial charge in [0.05, 0.1) is 0 Å².